The van der Waals surface area contributed by atoms with Gasteiger partial charge >= 0.3 is 5.69 Å². The second-order valence-electron chi connectivity index (χ2n) is 5.69. The van der Waals surface area contributed by atoms with E-state index in [4.69, 9.17) is 13.8 Å². The fourth-order valence-electron chi connectivity index (χ4n) is 2.69. The van der Waals surface area contributed by atoms with Gasteiger partial charge in [-0.05, 0) is 18.6 Å². The Kier molecular flexibility index (Phi) is 5.45. The summed E-state index contributed by atoms with van der Waals surface area (Å²) in [5, 5.41) is 0. The monoisotopic (exact) mass is 350 g/mol. The maximum atomic E-state index is 11.9. The summed E-state index contributed by atoms with van der Waals surface area (Å²) >= 11 is 0. The molecule has 1 N–H and O–H groups in total. The molecular weight excluding hydrogens is 331 g/mol. The van der Waals surface area contributed by atoms with E-state index in [1.165, 1.54) is 16.8 Å². The van der Waals surface area contributed by atoms with Crippen LogP contribution in [0.15, 0.2) is 52.2 Å². The number of aromatic nitrogens is 2. The summed E-state index contributed by atoms with van der Waals surface area (Å²) in [5.74, 6) is 0.898. The van der Waals surface area contributed by atoms with Crippen molar-refractivity contribution in [2.75, 3.05) is 6.61 Å². The third kappa shape index (κ3) is 4.12. The van der Waals surface area contributed by atoms with Crippen molar-refractivity contribution in [1.82, 2.24) is 9.55 Å². The van der Waals surface area contributed by atoms with Crippen molar-refractivity contribution in [2.24, 2.45) is 5.92 Å². The van der Waals surface area contributed by atoms with E-state index in [9.17, 15) is 9.59 Å². The van der Waals surface area contributed by atoms with Crippen molar-refractivity contribution < 1.29 is 13.8 Å². The van der Waals surface area contributed by atoms with Crippen molar-refractivity contribution in [3.63, 3.8) is 0 Å². The van der Waals surface area contributed by atoms with E-state index in [1.54, 1.807) is 0 Å². The van der Waals surface area contributed by atoms with Gasteiger partial charge in [0.05, 0.1) is 12.7 Å². The Hall–Kier alpha value is -1.95. The number of ether oxygens (including phenoxy) is 1. The van der Waals surface area contributed by atoms with Gasteiger partial charge in [0.15, 0.2) is 0 Å². The third-order valence-corrected chi connectivity index (χ3v) is 4.41. The molecule has 1 unspecified atom stereocenters. The first-order chi connectivity index (χ1) is 11.6. The number of nitrogens with one attached hydrogen (secondary N) is 1. The van der Waals surface area contributed by atoms with E-state index in [0.717, 1.165) is 12.2 Å². The van der Waals surface area contributed by atoms with E-state index in [1.807, 2.05) is 37.3 Å². The van der Waals surface area contributed by atoms with Gasteiger partial charge in [0, 0.05) is 18.2 Å². The van der Waals surface area contributed by atoms with Crippen molar-refractivity contribution in [1.29, 1.82) is 0 Å². The van der Waals surface area contributed by atoms with Gasteiger partial charge in [0.25, 0.3) is 5.56 Å². The first-order valence-electron chi connectivity index (χ1n) is 7.69. The molecule has 24 heavy (non-hydrogen) atoms. The van der Waals surface area contributed by atoms with Crippen LogP contribution in [0, 0.1) is 5.92 Å². The molecule has 1 aromatic carbocycles. The summed E-state index contributed by atoms with van der Waals surface area (Å²) in [6, 6.07) is 10.8. The zero-order chi connectivity index (χ0) is 16.9. The second-order valence-corrected chi connectivity index (χ2v) is 6.35. The fraction of sp³-hybridized carbons (Fsp3) is 0.375. The highest BCUT2D eigenvalue weighted by Gasteiger charge is 2.34. The minimum absolute atomic E-state index is 0.113. The highest BCUT2D eigenvalue weighted by Crippen LogP contribution is 2.34. The Morgan fingerprint density at radius 3 is 2.83 bits per heavy atom. The lowest BCUT2D eigenvalue weighted by Gasteiger charge is -2.17. The molecule has 1 aliphatic rings. The number of rotatable bonds is 6. The lowest BCUT2D eigenvalue weighted by Crippen LogP contribution is -2.33. The summed E-state index contributed by atoms with van der Waals surface area (Å²) < 4.78 is 18.3. The molecule has 0 bridgehead atoms. The number of para-hydroxylation sites is 1. The van der Waals surface area contributed by atoms with Crippen LogP contribution in [-0.4, -0.2) is 22.3 Å². The van der Waals surface area contributed by atoms with Gasteiger partial charge < -0.3 is 13.8 Å². The average Bonchev–Trinajstić information content (AvgIpc) is 2.93. The molecule has 1 aliphatic heterocycles. The summed E-state index contributed by atoms with van der Waals surface area (Å²) in [6.45, 7) is 2.40. The van der Waals surface area contributed by atoms with Crippen LogP contribution in [0.2, 0.25) is 0 Å². The molecule has 2 heterocycles. The number of hydrogen-bond acceptors (Lipinski definition) is 5. The number of hydrogen-bond donors (Lipinski definition) is 1. The van der Waals surface area contributed by atoms with Crippen LogP contribution >= 0.6 is 9.03 Å². The van der Waals surface area contributed by atoms with Crippen LogP contribution in [0.3, 0.4) is 0 Å². The summed E-state index contributed by atoms with van der Waals surface area (Å²) in [6.07, 6.45) is 1.72. The van der Waals surface area contributed by atoms with Crippen LogP contribution in [0.25, 0.3) is 0 Å². The van der Waals surface area contributed by atoms with Crippen molar-refractivity contribution >= 4 is 9.03 Å². The molecule has 7 nitrogen and oxygen atoms in total. The van der Waals surface area contributed by atoms with Gasteiger partial charge in [-0.25, -0.2) is 4.79 Å². The minimum atomic E-state index is -0.463. The Bertz CT molecular complexity index is 776. The van der Waals surface area contributed by atoms with E-state index in [0.29, 0.717) is 6.61 Å². The predicted octanol–water partition coefficient (Wildman–Crippen LogP) is 2.06. The highest BCUT2D eigenvalue weighted by molar-refractivity contribution is 7.26. The number of nitrogens with zero attached hydrogens (tertiary/aromatic N) is 1. The van der Waals surface area contributed by atoms with Gasteiger partial charge in [-0.2, -0.15) is 0 Å². The molecule has 3 rings (SSSR count). The smallest absolute Gasteiger partial charge is 0.330 e. The minimum Gasteiger partial charge on any atom is -0.450 e. The lowest BCUT2D eigenvalue weighted by atomic mass is 10.1. The average molecular weight is 350 g/mol. The van der Waals surface area contributed by atoms with Crippen LogP contribution in [0.4, 0.5) is 0 Å². The molecule has 128 valence electrons. The molecule has 0 saturated carbocycles. The molecule has 1 saturated heterocycles. The zero-order valence-electron chi connectivity index (χ0n) is 13.2. The summed E-state index contributed by atoms with van der Waals surface area (Å²) in [5.41, 5.74) is -0.878. The van der Waals surface area contributed by atoms with Crippen LogP contribution in [0.5, 0.6) is 5.75 Å². The lowest BCUT2D eigenvalue weighted by molar-refractivity contribution is -0.0285. The largest absolute Gasteiger partial charge is 0.450 e. The quantitative estimate of drug-likeness (QED) is 0.637. The molecule has 8 heteroatoms. The topological polar surface area (TPSA) is 82.6 Å². The molecule has 0 spiro atoms. The molecular formula is C16H19N2O5P. The SMILES string of the molecule is C[C@H]1C[C@@H](COPOc2ccccc2)O[C@H]1n1ccc(=O)[nH]c1=O. The molecule has 2 aromatic rings. The Morgan fingerprint density at radius 1 is 1.29 bits per heavy atom. The molecule has 1 fully saturated rings. The van der Waals surface area contributed by atoms with Gasteiger partial charge in [0.2, 0.25) is 9.03 Å². The van der Waals surface area contributed by atoms with Crippen molar-refractivity contribution in [3.05, 3.63) is 63.4 Å². The van der Waals surface area contributed by atoms with Gasteiger partial charge in [-0.15, -0.1) is 0 Å². The zero-order valence-corrected chi connectivity index (χ0v) is 14.2. The maximum Gasteiger partial charge on any atom is 0.330 e. The molecule has 4 atom stereocenters. The summed E-state index contributed by atoms with van der Waals surface area (Å²) in [4.78, 5) is 25.3. The van der Waals surface area contributed by atoms with E-state index < -0.39 is 17.5 Å². The molecule has 0 amide bonds. The standard InChI is InChI=1S/C16H19N2O5P/c1-11-9-13(10-21-24-23-12-5-3-2-4-6-12)22-15(11)18-8-7-14(19)17-16(18)20/h2-8,11,13,15,24H,9-10H2,1H3,(H,17,19,20)/t11-,13-,15+/m0/s1. The van der Waals surface area contributed by atoms with E-state index in [-0.39, 0.29) is 21.1 Å². The van der Waals surface area contributed by atoms with Gasteiger partial charge in [0.1, 0.15) is 12.0 Å². The molecule has 1 aromatic heterocycles. The fourth-order valence-corrected chi connectivity index (χ4v) is 3.23. The normalized spacial score (nSPS) is 23.8. The van der Waals surface area contributed by atoms with Gasteiger partial charge in [-0.1, -0.05) is 25.1 Å². The van der Waals surface area contributed by atoms with Crippen molar-refractivity contribution in [2.45, 2.75) is 25.7 Å². The number of aromatic amines is 1. The Morgan fingerprint density at radius 2 is 2.08 bits per heavy atom. The van der Waals surface area contributed by atoms with Crippen LogP contribution in [0.1, 0.15) is 19.6 Å². The van der Waals surface area contributed by atoms with E-state index >= 15 is 0 Å². The van der Waals surface area contributed by atoms with E-state index in [2.05, 4.69) is 4.98 Å². The maximum absolute atomic E-state index is 11.9. The molecule has 0 aliphatic carbocycles. The predicted molar refractivity (Wildman–Crippen MR) is 90.4 cm³/mol. The third-order valence-electron chi connectivity index (χ3n) is 3.81. The van der Waals surface area contributed by atoms with Gasteiger partial charge in [-0.3, -0.25) is 14.3 Å². The second kappa shape index (κ2) is 7.75. The molecule has 0 radical (unpaired) electrons. The number of benzene rings is 1. The van der Waals surface area contributed by atoms with Crippen molar-refractivity contribution in [3.8, 4) is 5.75 Å². The number of H-pyrrole nitrogens is 1. The summed E-state index contributed by atoms with van der Waals surface area (Å²) in [7, 11) is -0.113. The Labute approximate surface area is 140 Å². The first-order valence-corrected chi connectivity index (χ1v) is 8.51. The van der Waals surface area contributed by atoms with Crippen LogP contribution < -0.4 is 15.8 Å². The van der Waals surface area contributed by atoms with Crippen LogP contribution in [-0.2, 0) is 9.26 Å². The highest BCUT2D eigenvalue weighted by atomic mass is 31.1. The first kappa shape index (κ1) is 16.9. The Balaban J connectivity index is 1.50.